The minimum absolute atomic E-state index is 0.0159. The van der Waals surface area contributed by atoms with Crippen molar-refractivity contribution < 1.29 is 19.0 Å². The third kappa shape index (κ3) is 6.73. The quantitative estimate of drug-likeness (QED) is 0.786. The molecule has 0 aliphatic rings. The van der Waals surface area contributed by atoms with Gasteiger partial charge in [0.2, 0.25) is 0 Å². The van der Waals surface area contributed by atoms with Gasteiger partial charge in [0.15, 0.2) is 0 Å². The summed E-state index contributed by atoms with van der Waals surface area (Å²) in [4.78, 5) is 11.7. The van der Waals surface area contributed by atoms with Gasteiger partial charge in [-0.2, -0.15) is 0 Å². The van der Waals surface area contributed by atoms with Gasteiger partial charge in [-0.15, -0.1) is 0 Å². The van der Waals surface area contributed by atoms with Crippen molar-refractivity contribution >= 4 is 17.6 Å². The largest absolute Gasteiger partial charge is 0.460 e. The number of rotatable bonds is 6. The highest BCUT2D eigenvalue weighted by molar-refractivity contribution is 6.30. The maximum absolute atomic E-state index is 13.3. The van der Waals surface area contributed by atoms with Crippen molar-refractivity contribution in [2.45, 2.75) is 51.9 Å². The molecule has 0 aliphatic heterocycles. The van der Waals surface area contributed by atoms with Crippen molar-refractivity contribution in [1.82, 2.24) is 5.32 Å². The smallest absolute Gasteiger partial charge is 0.307 e. The van der Waals surface area contributed by atoms with Crippen LogP contribution in [0.5, 0.6) is 0 Å². The highest BCUT2D eigenvalue weighted by Crippen LogP contribution is 2.20. The highest BCUT2D eigenvalue weighted by atomic mass is 35.5. The van der Waals surface area contributed by atoms with E-state index in [0.29, 0.717) is 5.56 Å². The van der Waals surface area contributed by atoms with Gasteiger partial charge < -0.3 is 15.2 Å². The fraction of sp³-hybridized carbons (Fsp3) is 0.562. The summed E-state index contributed by atoms with van der Waals surface area (Å²) in [5.74, 6) is -0.875. The van der Waals surface area contributed by atoms with Crippen LogP contribution < -0.4 is 5.32 Å². The minimum atomic E-state index is -0.882. The predicted octanol–water partition coefficient (Wildman–Crippen LogP) is 3.22. The van der Waals surface area contributed by atoms with E-state index in [9.17, 15) is 14.3 Å². The standard InChI is InChI=1S/C16H23ClFNO3/c1-10(7-15(21)22-16(2,3)4)19-9-14(20)11-5-6-12(17)13(18)8-11/h5-6,8,10,14,19-20H,7,9H2,1-4H3. The zero-order valence-corrected chi connectivity index (χ0v) is 14.1. The van der Waals surface area contributed by atoms with Crippen LogP contribution in [0.2, 0.25) is 5.02 Å². The second-order valence-corrected chi connectivity index (χ2v) is 6.70. The van der Waals surface area contributed by atoms with Gasteiger partial charge in [0, 0.05) is 12.6 Å². The molecule has 2 N–H and O–H groups in total. The number of carbonyl (C=O) groups is 1. The van der Waals surface area contributed by atoms with Crippen LogP contribution in [0.3, 0.4) is 0 Å². The zero-order chi connectivity index (χ0) is 16.9. The number of benzene rings is 1. The lowest BCUT2D eigenvalue weighted by Crippen LogP contribution is -2.34. The summed E-state index contributed by atoms with van der Waals surface area (Å²) < 4.78 is 18.6. The van der Waals surface area contributed by atoms with Crippen LogP contribution in [0.25, 0.3) is 0 Å². The number of aliphatic hydroxyl groups excluding tert-OH is 1. The van der Waals surface area contributed by atoms with E-state index < -0.39 is 17.5 Å². The summed E-state index contributed by atoms with van der Waals surface area (Å²) in [5.41, 5.74) is -0.0872. The second-order valence-electron chi connectivity index (χ2n) is 6.29. The second kappa shape index (κ2) is 7.90. The van der Waals surface area contributed by atoms with Crippen molar-refractivity contribution in [3.63, 3.8) is 0 Å². The Hall–Kier alpha value is -1.17. The Bertz CT molecular complexity index is 517. The van der Waals surface area contributed by atoms with Gasteiger partial charge >= 0.3 is 5.97 Å². The van der Waals surface area contributed by atoms with Crippen LogP contribution in [0.15, 0.2) is 18.2 Å². The summed E-state index contributed by atoms with van der Waals surface area (Å²) in [6, 6.07) is 4.00. The van der Waals surface area contributed by atoms with Crippen molar-refractivity contribution in [1.29, 1.82) is 0 Å². The molecular weight excluding hydrogens is 309 g/mol. The first kappa shape index (κ1) is 18.9. The molecule has 0 aliphatic carbocycles. The SMILES string of the molecule is CC(CC(=O)OC(C)(C)C)NCC(O)c1ccc(Cl)c(F)c1. The summed E-state index contributed by atoms with van der Waals surface area (Å²) in [5, 5.41) is 13.1. The number of halogens is 2. The van der Waals surface area contributed by atoms with Gasteiger partial charge in [0.1, 0.15) is 11.4 Å². The van der Waals surface area contributed by atoms with Gasteiger partial charge in [0.25, 0.3) is 0 Å². The first-order chi connectivity index (χ1) is 10.1. The lowest BCUT2D eigenvalue weighted by Gasteiger charge is -2.22. The van der Waals surface area contributed by atoms with Crippen LogP contribution in [0.1, 0.15) is 45.8 Å². The normalized spacial score (nSPS) is 14.5. The lowest BCUT2D eigenvalue weighted by molar-refractivity contribution is -0.155. The molecule has 0 bridgehead atoms. The van der Waals surface area contributed by atoms with Crippen molar-refractivity contribution in [2.24, 2.45) is 0 Å². The molecule has 124 valence electrons. The Morgan fingerprint density at radius 3 is 2.64 bits per heavy atom. The summed E-state index contributed by atoms with van der Waals surface area (Å²) in [7, 11) is 0. The molecule has 0 fully saturated rings. The molecule has 1 aromatic carbocycles. The van der Waals surface area contributed by atoms with E-state index in [-0.39, 0.29) is 30.0 Å². The Labute approximate surface area is 135 Å². The Balaban J connectivity index is 2.44. The van der Waals surface area contributed by atoms with Gasteiger partial charge in [-0.1, -0.05) is 17.7 Å². The Kier molecular flexibility index (Phi) is 6.78. The van der Waals surface area contributed by atoms with E-state index in [1.54, 1.807) is 6.07 Å². The first-order valence-electron chi connectivity index (χ1n) is 7.16. The van der Waals surface area contributed by atoms with Crippen molar-refractivity contribution in [2.75, 3.05) is 6.54 Å². The average Bonchev–Trinajstić information content (AvgIpc) is 2.36. The molecule has 0 aromatic heterocycles. The van der Waals surface area contributed by atoms with E-state index in [0.717, 1.165) is 0 Å². The number of aliphatic hydroxyl groups is 1. The van der Waals surface area contributed by atoms with Gasteiger partial charge in [-0.3, -0.25) is 4.79 Å². The molecule has 0 heterocycles. The maximum atomic E-state index is 13.3. The van der Waals surface area contributed by atoms with Gasteiger partial charge in [-0.25, -0.2) is 4.39 Å². The van der Waals surface area contributed by atoms with E-state index in [1.807, 2.05) is 27.7 Å². The average molecular weight is 332 g/mol. The maximum Gasteiger partial charge on any atom is 0.307 e. The Morgan fingerprint density at radius 1 is 1.45 bits per heavy atom. The van der Waals surface area contributed by atoms with E-state index in [2.05, 4.69) is 5.32 Å². The Morgan fingerprint density at radius 2 is 2.09 bits per heavy atom. The number of ether oxygens (including phenoxy) is 1. The molecule has 0 radical (unpaired) electrons. The van der Waals surface area contributed by atoms with E-state index >= 15 is 0 Å². The summed E-state index contributed by atoms with van der Waals surface area (Å²) >= 11 is 5.60. The number of esters is 1. The summed E-state index contributed by atoms with van der Waals surface area (Å²) in [6.07, 6.45) is -0.688. The third-order valence-corrected chi connectivity index (χ3v) is 3.19. The molecule has 2 unspecified atom stereocenters. The van der Waals surface area contributed by atoms with Crippen molar-refractivity contribution in [3.8, 4) is 0 Å². The number of hydrogen-bond acceptors (Lipinski definition) is 4. The molecule has 0 spiro atoms. The number of carbonyl (C=O) groups excluding carboxylic acids is 1. The molecule has 4 nitrogen and oxygen atoms in total. The first-order valence-corrected chi connectivity index (χ1v) is 7.54. The fourth-order valence-corrected chi connectivity index (χ4v) is 1.97. The molecule has 6 heteroatoms. The zero-order valence-electron chi connectivity index (χ0n) is 13.3. The molecule has 1 rings (SSSR count). The predicted molar refractivity (Wildman–Crippen MR) is 84.3 cm³/mol. The topological polar surface area (TPSA) is 58.6 Å². The lowest BCUT2D eigenvalue weighted by atomic mass is 10.1. The molecule has 0 saturated carbocycles. The molecule has 1 aromatic rings. The van der Waals surface area contributed by atoms with Crippen LogP contribution in [-0.2, 0) is 9.53 Å². The van der Waals surface area contributed by atoms with Crippen LogP contribution in [0.4, 0.5) is 4.39 Å². The molecule has 0 amide bonds. The van der Waals surface area contributed by atoms with Crippen molar-refractivity contribution in [3.05, 3.63) is 34.6 Å². The fourth-order valence-electron chi connectivity index (χ4n) is 1.86. The van der Waals surface area contributed by atoms with E-state index in [4.69, 9.17) is 16.3 Å². The third-order valence-electron chi connectivity index (χ3n) is 2.88. The molecule has 0 saturated heterocycles. The van der Waals surface area contributed by atoms with Crippen LogP contribution in [-0.4, -0.2) is 29.3 Å². The minimum Gasteiger partial charge on any atom is -0.460 e. The van der Waals surface area contributed by atoms with Gasteiger partial charge in [0.05, 0.1) is 17.5 Å². The molecule has 22 heavy (non-hydrogen) atoms. The highest BCUT2D eigenvalue weighted by Gasteiger charge is 2.19. The van der Waals surface area contributed by atoms with Crippen LogP contribution in [0, 0.1) is 5.82 Å². The monoisotopic (exact) mass is 331 g/mol. The molecular formula is C16H23ClFNO3. The number of nitrogens with one attached hydrogen (secondary N) is 1. The van der Waals surface area contributed by atoms with Crippen LogP contribution >= 0.6 is 11.6 Å². The van der Waals surface area contributed by atoms with E-state index in [1.165, 1.54) is 12.1 Å². The molecule has 2 atom stereocenters. The summed E-state index contributed by atoms with van der Waals surface area (Å²) in [6.45, 7) is 7.44. The van der Waals surface area contributed by atoms with Gasteiger partial charge in [-0.05, 0) is 45.4 Å². The number of hydrogen-bond donors (Lipinski definition) is 2.